The van der Waals surface area contributed by atoms with E-state index in [1.165, 1.54) is 0 Å². The van der Waals surface area contributed by atoms with Crippen LogP contribution in [-0.4, -0.2) is 30.8 Å². The third-order valence-corrected chi connectivity index (χ3v) is 2.66. The number of piperazine rings is 1. The second kappa shape index (κ2) is 7.14. The predicted octanol–water partition coefficient (Wildman–Crippen LogP) is 2.35. The van der Waals surface area contributed by atoms with Crippen molar-refractivity contribution in [3.8, 4) is 5.75 Å². The lowest BCUT2D eigenvalue weighted by atomic mass is 10.2. The summed E-state index contributed by atoms with van der Waals surface area (Å²) in [4.78, 5) is 2.32. The average Bonchev–Trinajstić information content (AvgIpc) is 2.18. The largest absolute Gasteiger partial charge is 0.508 e. The average molecular weight is 354 g/mol. The molecule has 1 saturated heterocycles. The second-order valence-electron chi connectivity index (χ2n) is 3.77. The highest BCUT2D eigenvalue weighted by atomic mass is 79.9. The van der Waals surface area contributed by atoms with Crippen molar-refractivity contribution in [1.29, 1.82) is 0 Å². The molecule has 1 heterocycles. The van der Waals surface area contributed by atoms with Crippen molar-refractivity contribution in [2.75, 3.05) is 24.5 Å². The molecule has 2 N–H and O–H groups in total. The Morgan fingerprint density at radius 3 is 2.75 bits per heavy atom. The summed E-state index contributed by atoms with van der Waals surface area (Å²) >= 11 is 0. The number of anilines is 1. The van der Waals surface area contributed by atoms with Gasteiger partial charge in [0.2, 0.25) is 0 Å². The molecule has 3 nitrogen and oxygen atoms in total. The van der Waals surface area contributed by atoms with Gasteiger partial charge in [0.05, 0.1) is 0 Å². The molecule has 1 aromatic rings. The van der Waals surface area contributed by atoms with Gasteiger partial charge in [-0.2, -0.15) is 0 Å². The number of rotatable bonds is 1. The number of nitrogens with one attached hydrogen (secondary N) is 1. The van der Waals surface area contributed by atoms with Gasteiger partial charge in [0.1, 0.15) is 5.75 Å². The van der Waals surface area contributed by atoms with Crippen molar-refractivity contribution >= 4 is 39.7 Å². The fourth-order valence-corrected chi connectivity index (χ4v) is 1.90. The zero-order chi connectivity index (χ0) is 9.97. The van der Waals surface area contributed by atoms with E-state index in [9.17, 15) is 5.11 Å². The first-order valence-corrected chi connectivity index (χ1v) is 5.04. The molecule has 92 valence electrons. The Morgan fingerprint density at radius 1 is 1.38 bits per heavy atom. The molecule has 1 aliphatic rings. The number of phenols is 1. The Labute approximate surface area is 117 Å². The van der Waals surface area contributed by atoms with Gasteiger partial charge in [-0.3, -0.25) is 0 Å². The Bertz CT molecular complexity index is 323. The summed E-state index contributed by atoms with van der Waals surface area (Å²) < 4.78 is 0. The van der Waals surface area contributed by atoms with Crippen LogP contribution in [-0.2, 0) is 0 Å². The third kappa shape index (κ3) is 3.64. The molecule has 0 radical (unpaired) electrons. The predicted molar refractivity (Wildman–Crippen MR) is 78.4 cm³/mol. The van der Waals surface area contributed by atoms with Gasteiger partial charge in [-0.25, -0.2) is 0 Å². The molecule has 1 aliphatic heterocycles. The third-order valence-electron chi connectivity index (χ3n) is 2.66. The van der Waals surface area contributed by atoms with Gasteiger partial charge >= 0.3 is 0 Å². The minimum Gasteiger partial charge on any atom is -0.508 e. The molecule has 0 aliphatic carbocycles. The molecule has 0 saturated carbocycles. The van der Waals surface area contributed by atoms with Gasteiger partial charge in [0.25, 0.3) is 0 Å². The van der Waals surface area contributed by atoms with Gasteiger partial charge in [0.15, 0.2) is 0 Å². The van der Waals surface area contributed by atoms with Crippen LogP contribution in [0.4, 0.5) is 5.69 Å². The molecule has 5 heteroatoms. The Morgan fingerprint density at radius 2 is 2.12 bits per heavy atom. The zero-order valence-corrected chi connectivity index (χ0v) is 12.6. The summed E-state index contributed by atoms with van der Waals surface area (Å²) in [6.07, 6.45) is 0. The van der Waals surface area contributed by atoms with Gasteiger partial charge < -0.3 is 15.3 Å². The van der Waals surface area contributed by atoms with Crippen molar-refractivity contribution < 1.29 is 5.11 Å². The molecule has 0 bridgehead atoms. The summed E-state index contributed by atoms with van der Waals surface area (Å²) in [7, 11) is 0. The van der Waals surface area contributed by atoms with E-state index in [4.69, 9.17) is 0 Å². The van der Waals surface area contributed by atoms with Crippen LogP contribution >= 0.6 is 34.0 Å². The maximum Gasteiger partial charge on any atom is 0.117 e. The normalized spacial score (nSPS) is 19.6. The van der Waals surface area contributed by atoms with Crippen molar-refractivity contribution in [2.24, 2.45) is 0 Å². The van der Waals surface area contributed by atoms with E-state index in [0.29, 0.717) is 11.8 Å². The molecule has 0 amide bonds. The van der Waals surface area contributed by atoms with E-state index in [2.05, 4.69) is 17.1 Å². The smallest absolute Gasteiger partial charge is 0.117 e. The van der Waals surface area contributed by atoms with Crippen LogP contribution in [0.3, 0.4) is 0 Å². The van der Waals surface area contributed by atoms with Crippen LogP contribution in [0, 0.1) is 0 Å². The van der Waals surface area contributed by atoms with Gasteiger partial charge in [0, 0.05) is 37.4 Å². The van der Waals surface area contributed by atoms with Crippen molar-refractivity contribution in [1.82, 2.24) is 5.32 Å². The Kier molecular flexibility index (Phi) is 7.03. The molecule has 16 heavy (non-hydrogen) atoms. The summed E-state index contributed by atoms with van der Waals surface area (Å²) in [5.74, 6) is 0.341. The van der Waals surface area contributed by atoms with E-state index in [0.717, 1.165) is 25.3 Å². The van der Waals surface area contributed by atoms with E-state index in [-0.39, 0.29) is 34.0 Å². The van der Waals surface area contributed by atoms with Crippen LogP contribution < -0.4 is 10.2 Å². The van der Waals surface area contributed by atoms with Crippen LogP contribution in [0.1, 0.15) is 6.92 Å². The molecular formula is C11H18Br2N2O. The van der Waals surface area contributed by atoms with Gasteiger partial charge in [-0.05, 0) is 19.1 Å². The zero-order valence-electron chi connectivity index (χ0n) is 9.22. The summed E-state index contributed by atoms with van der Waals surface area (Å²) in [6.45, 7) is 5.22. The summed E-state index contributed by atoms with van der Waals surface area (Å²) in [6, 6.07) is 7.95. The number of aromatic hydroxyl groups is 1. The molecule has 1 aromatic carbocycles. The molecule has 1 unspecified atom stereocenters. The molecular weight excluding hydrogens is 336 g/mol. The first-order valence-electron chi connectivity index (χ1n) is 5.04. The lowest BCUT2D eigenvalue weighted by molar-refractivity contribution is 0.472. The maximum absolute atomic E-state index is 9.39. The number of phenolic OH excluding ortho intramolecular Hbond substituents is 1. The highest BCUT2D eigenvalue weighted by Gasteiger charge is 2.17. The van der Waals surface area contributed by atoms with Crippen LogP contribution in [0.15, 0.2) is 24.3 Å². The standard InChI is InChI=1S/C11H16N2O.2BrH/c1-9-8-12-5-6-13(9)10-3-2-4-11(14)7-10;;/h2-4,7,9,12,14H,5-6,8H2,1H3;2*1H. The fraction of sp³-hybridized carbons (Fsp3) is 0.455. The fourth-order valence-electron chi connectivity index (χ4n) is 1.90. The van der Waals surface area contributed by atoms with Gasteiger partial charge in [-0.1, -0.05) is 6.07 Å². The van der Waals surface area contributed by atoms with Gasteiger partial charge in [-0.15, -0.1) is 34.0 Å². The van der Waals surface area contributed by atoms with Crippen LogP contribution in [0.2, 0.25) is 0 Å². The highest BCUT2D eigenvalue weighted by molar-refractivity contribution is 8.93. The molecule has 1 atom stereocenters. The molecule has 0 aromatic heterocycles. The van der Waals surface area contributed by atoms with E-state index < -0.39 is 0 Å². The first-order chi connectivity index (χ1) is 6.77. The molecule has 1 fully saturated rings. The lowest BCUT2D eigenvalue weighted by Gasteiger charge is -2.35. The number of hydrogen-bond acceptors (Lipinski definition) is 3. The molecule has 2 rings (SSSR count). The minimum absolute atomic E-state index is 0. The van der Waals surface area contributed by atoms with E-state index in [1.807, 2.05) is 18.2 Å². The van der Waals surface area contributed by atoms with Crippen LogP contribution in [0.5, 0.6) is 5.75 Å². The SMILES string of the molecule is Br.Br.CC1CNCCN1c1cccc(O)c1. The van der Waals surface area contributed by atoms with E-state index >= 15 is 0 Å². The summed E-state index contributed by atoms with van der Waals surface area (Å²) in [5.41, 5.74) is 1.11. The Balaban J connectivity index is 0.00000112. The monoisotopic (exact) mass is 352 g/mol. The molecule has 0 spiro atoms. The maximum atomic E-state index is 9.39. The number of benzene rings is 1. The van der Waals surface area contributed by atoms with Crippen molar-refractivity contribution in [3.63, 3.8) is 0 Å². The lowest BCUT2D eigenvalue weighted by Crippen LogP contribution is -2.49. The van der Waals surface area contributed by atoms with Crippen molar-refractivity contribution in [3.05, 3.63) is 24.3 Å². The second-order valence-corrected chi connectivity index (χ2v) is 3.77. The Hall–Kier alpha value is -0.260. The number of nitrogens with zero attached hydrogens (tertiary/aromatic N) is 1. The topological polar surface area (TPSA) is 35.5 Å². The quantitative estimate of drug-likeness (QED) is 0.813. The van der Waals surface area contributed by atoms with Crippen LogP contribution in [0.25, 0.3) is 0 Å². The summed E-state index contributed by atoms with van der Waals surface area (Å²) in [5, 5.41) is 12.7. The van der Waals surface area contributed by atoms with E-state index in [1.54, 1.807) is 6.07 Å². The number of hydrogen-bond donors (Lipinski definition) is 2. The first kappa shape index (κ1) is 15.7. The minimum atomic E-state index is 0. The van der Waals surface area contributed by atoms with Crippen molar-refractivity contribution in [2.45, 2.75) is 13.0 Å². The highest BCUT2D eigenvalue weighted by Crippen LogP contribution is 2.22. The number of halogens is 2.